The van der Waals surface area contributed by atoms with E-state index in [9.17, 15) is 13.2 Å². The summed E-state index contributed by atoms with van der Waals surface area (Å²) in [6.45, 7) is 2.18. The van der Waals surface area contributed by atoms with Gasteiger partial charge in [0.2, 0.25) is 15.9 Å². The van der Waals surface area contributed by atoms with Crippen molar-refractivity contribution in [3.05, 3.63) is 24.3 Å². The molecule has 0 aliphatic heterocycles. The molecular weight excluding hydrogens is 256 g/mol. The topological polar surface area (TPSA) is 84.5 Å². The van der Waals surface area contributed by atoms with Crippen LogP contribution < -0.4 is 10.0 Å². The third-order valence-corrected chi connectivity index (χ3v) is 3.55. The zero-order valence-electron chi connectivity index (χ0n) is 10.3. The molecule has 0 aliphatic rings. The van der Waals surface area contributed by atoms with Gasteiger partial charge in [0.1, 0.15) is 6.61 Å². The number of carbonyl (C=O) groups is 1. The highest BCUT2D eigenvalue weighted by Crippen LogP contribution is 2.14. The normalized spacial score (nSPS) is 11.2. The van der Waals surface area contributed by atoms with E-state index in [0.29, 0.717) is 12.3 Å². The molecular formula is C11H16N2O4S. The first-order valence-electron chi connectivity index (χ1n) is 5.41. The van der Waals surface area contributed by atoms with Crippen molar-refractivity contribution >= 4 is 21.6 Å². The van der Waals surface area contributed by atoms with Crippen molar-refractivity contribution in [2.24, 2.45) is 0 Å². The number of anilines is 1. The van der Waals surface area contributed by atoms with E-state index >= 15 is 0 Å². The minimum atomic E-state index is -3.51. The molecule has 0 heterocycles. The van der Waals surface area contributed by atoms with Gasteiger partial charge in [-0.3, -0.25) is 4.79 Å². The molecule has 0 saturated heterocycles. The van der Waals surface area contributed by atoms with Crippen LogP contribution in [0, 0.1) is 0 Å². The molecule has 0 unspecified atom stereocenters. The average molecular weight is 272 g/mol. The molecule has 0 aliphatic carbocycles. The molecule has 6 nitrogen and oxygen atoms in total. The van der Waals surface area contributed by atoms with Crippen LogP contribution in [0.4, 0.5) is 5.69 Å². The smallest absolute Gasteiger partial charge is 0.250 e. The number of sulfonamides is 1. The van der Waals surface area contributed by atoms with Gasteiger partial charge in [0.15, 0.2) is 0 Å². The lowest BCUT2D eigenvalue weighted by atomic mass is 10.3. The van der Waals surface area contributed by atoms with Crippen molar-refractivity contribution in [2.45, 2.75) is 11.8 Å². The molecule has 18 heavy (non-hydrogen) atoms. The Hall–Kier alpha value is -1.44. The molecule has 1 rings (SSSR count). The molecule has 0 radical (unpaired) electrons. The Kier molecular flexibility index (Phi) is 5.26. The van der Waals surface area contributed by atoms with Crippen molar-refractivity contribution in [1.29, 1.82) is 0 Å². The predicted octanol–water partition coefficient (Wildman–Crippen LogP) is 0.570. The summed E-state index contributed by atoms with van der Waals surface area (Å²) >= 11 is 0. The lowest BCUT2D eigenvalue weighted by Crippen LogP contribution is -2.20. The predicted molar refractivity (Wildman–Crippen MR) is 67.8 cm³/mol. The highest BCUT2D eigenvalue weighted by atomic mass is 32.2. The van der Waals surface area contributed by atoms with Gasteiger partial charge in [0.25, 0.3) is 0 Å². The number of hydrogen-bond donors (Lipinski definition) is 2. The fourth-order valence-corrected chi connectivity index (χ4v) is 2.03. The second-order valence-corrected chi connectivity index (χ2v) is 5.31. The van der Waals surface area contributed by atoms with Gasteiger partial charge in [-0.25, -0.2) is 13.1 Å². The van der Waals surface area contributed by atoms with Crippen LogP contribution in [0.25, 0.3) is 0 Å². The molecule has 7 heteroatoms. The van der Waals surface area contributed by atoms with E-state index < -0.39 is 10.0 Å². The molecule has 2 N–H and O–H groups in total. The largest absolute Gasteiger partial charge is 0.372 e. The van der Waals surface area contributed by atoms with E-state index in [1.165, 1.54) is 19.2 Å². The van der Waals surface area contributed by atoms with Crippen molar-refractivity contribution < 1.29 is 17.9 Å². The molecule has 0 fully saturated rings. The molecule has 100 valence electrons. The molecule has 0 saturated carbocycles. The minimum Gasteiger partial charge on any atom is -0.372 e. The highest BCUT2D eigenvalue weighted by molar-refractivity contribution is 7.89. The van der Waals surface area contributed by atoms with Gasteiger partial charge in [-0.15, -0.1) is 0 Å². The Morgan fingerprint density at radius 1 is 1.39 bits per heavy atom. The number of nitrogens with one attached hydrogen (secondary N) is 2. The van der Waals surface area contributed by atoms with E-state index in [-0.39, 0.29) is 17.4 Å². The van der Waals surface area contributed by atoms with Crippen LogP contribution in [0.1, 0.15) is 6.92 Å². The first-order valence-corrected chi connectivity index (χ1v) is 6.89. The SMILES string of the molecule is CCOCC(=O)Nc1cccc(S(=O)(=O)NC)c1. The number of benzene rings is 1. The fraction of sp³-hybridized carbons (Fsp3) is 0.364. The average Bonchev–Trinajstić information content (AvgIpc) is 2.36. The third kappa shape index (κ3) is 4.10. The zero-order valence-corrected chi connectivity index (χ0v) is 11.1. The Labute approximate surface area is 106 Å². The van der Waals surface area contributed by atoms with Crippen LogP contribution in [-0.2, 0) is 19.6 Å². The highest BCUT2D eigenvalue weighted by Gasteiger charge is 2.12. The minimum absolute atomic E-state index is 0.0560. The second-order valence-electron chi connectivity index (χ2n) is 3.42. The summed E-state index contributed by atoms with van der Waals surface area (Å²) in [5.41, 5.74) is 0.413. The lowest BCUT2D eigenvalue weighted by molar-refractivity contribution is -0.120. The Balaban J connectivity index is 2.80. The Bertz CT molecular complexity index is 514. The lowest BCUT2D eigenvalue weighted by Gasteiger charge is -2.07. The van der Waals surface area contributed by atoms with Crippen molar-refractivity contribution in [2.75, 3.05) is 25.6 Å². The van der Waals surface area contributed by atoms with E-state index in [4.69, 9.17) is 4.74 Å². The van der Waals surface area contributed by atoms with Gasteiger partial charge >= 0.3 is 0 Å². The van der Waals surface area contributed by atoms with Gasteiger partial charge in [-0.05, 0) is 32.2 Å². The van der Waals surface area contributed by atoms with Crippen LogP contribution in [0.3, 0.4) is 0 Å². The molecule has 1 aromatic rings. The molecule has 1 aromatic carbocycles. The van der Waals surface area contributed by atoms with Crippen LogP contribution in [0.5, 0.6) is 0 Å². The van der Waals surface area contributed by atoms with Crippen LogP contribution in [-0.4, -0.2) is 34.6 Å². The van der Waals surface area contributed by atoms with E-state index in [2.05, 4.69) is 10.0 Å². The number of amides is 1. The standard InChI is InChI=1S/C11H16N2O4S/c1-3-17-8-11(14)13-9-5-4-6-10(7-9)18(15,16)12-2/h4-7,12H,3,8H2,1-2H3,(H,13,14). The number of hydrogen-bond acceptors (Lipinski definition) is 4. The first-order chi connectivity index (χ1) is 8.49. The maximum absolute atomic E-state index is 11.6. The van der Waals surface area contributed by atoms with Gasteiger partial charge in [0, 0.05) is 12.3 Å². The molecule has 0 spiro atoms. The van der Waals surface area contributed by atoms with E-state index in [1.807, 2.05) is 0 Å². The van der Waals surface area contributed by atoms with Gasteiger partial charge < -0.3 is 10.1 Å². The summed E-state index contributed by atoms with van der Waals surface area (Å²) in [6, 6.07) is 6.00. The molecule has 0 atom stereocenters. The number of rotatable bonds is 6. The van der Waals surface area contributed by atoms with Crippen molar-refractivity contribution in [3.63, 3.8) is 0 Å². The summed E-state index contributed by atoms with van der Waals surface area (Å²) in [4.78, 5) is 11.5. The Morgan fingerprint density at radius 3 is 2.72 bits per heavy atom. The van der Waals surface area contributed by atoms with Gasteiger partial charge in [0.05, 0.1) is 4.90 Å². The summed E-state index contributed by atoms with van der Waals surface area (Å²) in [5.74, 6) is -0.323. The molecule has 1 amide bonds. The van der Waals surface area contributed by atoms with Gasteiger partial charge in [-0.1, -0.05) is 6.07 Å². The first kappa shape index (κ1) is 14.6. The summed E-state index contributed by atoms with van der Waals surface area (Å²) in [5, 5.41) is 2.56. The fourth-order valence-electron chi connectivity index (χ4n) is 1.25. The molecule has 0 aromatic heterocycles. The molecule has 0 bridgehead atoms. The van der Waals surface area contributed by atoms with Gasteiger partial charge in [-0.2, -0.15) is 0 Å². The van der Waals surface area contributed by atoms with Crippen LogP contribution in [0.15, 0.2) is 29.2 Å². The summed E-state index contributed by atoms with van der Waals surface area (Å²) < 4.78 is 30.3. The van der Waals surface area contributed by atoms with Crippen LogP contribution >= 0.6 is 0 Å². The number of ether oxygens (including phenoxy) is 1. The maximum atomic E-state index is 11.6. The van der Waals surface area contributed by atoms with Crippen LogP contribution in [0.2, 0.25) is 0 Å². The summed E-state index contributed by atoms with van der Waals surface area (Å²) in [6.07, 6.45) is 0. The van der Waals surface area contributed by atoms with E-state index in [1.54, 1.807) is 19.1 Å². The van der Waals surface area contributed by atoms with E-state index in [0.717, 1.165) is 0 Å². The second kappa shape index (κ2) is 6.48. The number of carbonyl (C=O) groups excluding carboxylic acids is 1. The van der Waals surface area contributed by atoms with Crippen molar-refractivity contribution in [1.82, 2.24) is 4.72 Å². The maximum Gasteiger partial charge on any atom is 0.250 e. The van der Waals surface area contributed by atoms with Crippen molar-refractivity contribution in [3.8, 4) is 0 Å². The monoisotopic (exact) mass is 272 g/mol. The quantitative estimate of drug-likeness (QED) is 0.793. The third-order valence-electron chi connectivity index (χ3n) is 2.13. The summed E-state index contributed by atoms with van der Waals surface area (Å²) in [7, 11) is -2.18. The zero-order chi connectivity index (χ0) is 13.6. The Morgan fingerprint density at radius 2 is 2.11 bits per heavy atom.